The van der Waals surface area contributed by atoms with Crippen LogP contribution in [0.15, 0.2) is 12.7 Å². The molecule has 0 atom stereocenters. The second-order valence-electron chi connectivity index (χ2n) is 4.26. The van der Waals surface area contributed by atoms with Gasteiger partial charge < -0.3 is 5.11 Å². The maximum Gasteiger partial charge on any atom is 0.0319 e. The Balaban J connectivity index is 0. The fourth-order valence-corrected chi connectivity index (χ4v) is 1.78. The Bertz CT molecular complexity index is 110. The molecule has 98 valence electrons. The number of hydrogen-bond acceptors (Lipinski definition) is 1. The number of hydrogen-bond donors (Lipinski definition) is 1. The van der Waals surface area contributed by atoms with E-state index < -0.39 is 0 Å². The number of unbranched alkanes of at least 4 members (excludes halogenated alkanes) is 10. The molecule has 0 bridgehead atoms. The van der Waals surface area contributed by atoms with Crippen LogP contribution >= 0.6 is 0 Å². The topological polar surface area (TPSA) is 20.2 Å². The van der Waals surface area contributed by atoms with Crippen molar-refractivity contribution in [2.24, 2.45) is 0 Å². The van der Waals surface area contributed by atoms with Crippen LogP contribution in [0.2, 0.25) is 0 Å². The highest BCUT2D eigenvalue weighted by molar-refractivity contribution is 4.65. The molecular weight excluding hydrogens is 196 g/mol. The third-order valence-electron chi connectivity index (χ3n) is 2.76. The van der Waals surface area contributed by atoms with Gasteiger partial charge in [0.25, 0.3) is 0 Å². The van der Waals surface area contributed by atoms with Gasteiger partial charge in [0.15, 0.2) is 0 Å². The van der Waals surface area contributed by atoms with Crippen LogP contribution in [0.5, 0.6) is 0 Å². The van der Waals surface area contributed by atoms with Gasteiger partial charge in [-0.25, -0.2) is 0 Å². The second-order valence-corrected chi connectivity index (χ2v) is 4.26. The minimum atomic E-state index is 1.00. The van der Waals surface area contributed by atoms with Crippen molar-refractivity contribution in [3.63, 3.8) is 0 Å². The monoisotopic (exact) mass is 228 g/mol. The van der Waals surface area contributed by atoms with E-state index >= 15 is 0 Å². The van der Waals surface area contributed by atoms with Crippen LogP contribution in [-0.4, -0.2) is 12.2 Å². The van der Waals surface area contributed by atoms with E-state index in [0.717, 1.165) is 7.11 Å². The largest absolute Gasteiger partial charge is 0.400 e. The maximum absolute atomic E-state index is 7.00. The van der Waals surface area contributed by atoms with Gasteiger partial charge in [0, 0.05) is 7.11 Å². The van der Waals surface area contributed by atoms with Crippen molar-refractivity contribution < 1.29 is 5.11 Å². The molecule has 0 radical (unpaired) electrons. The zero-order valence-corrected chi connectivity index (χ0v) is 11.5. The highest BCUT2D eigenvalue weighted by Crippen LogP contribution is 2.11. The van der Waals surface area contributed by atoms with Crippen LogP contribution in [0.4, 0.5) is 0 Å². The van der Waals surface area contributed by atoms with E-state index in [1.807, 2.05) is 6.08 Å². The SMILES string of the molecule is C=CCCCCCCCCCCCC.CO. The van der Waals surface area contributed by atoms with Crippen LogP contribution in [0, 0.1) is 0 Å². The van der Waals surface area contributed by atoms with Crippen molar-refractivity contribution >= 4 is 0 Å². The molecule has 0 aromatic rings. The summed E-state index contributed by atoms with van der Waals surface area (Å²) in [6, 6.07) is 0. The first-order valence-electron chi connectivity index (χ1n) is 6.97. The van der Waals surface area contributed by atoms with E-state index in [-0.39, 0.29) is 0 Å². The third kappa shape index (κ3) is 19.3. The summed E-state index contributed by atoms with van der Waals surface area (Å²) in [6.07, 6.45) is 17.5. The minimum Gasteiger partial charge on any atom is -0.400 e. The Morgan fingerprint density at radius 2 is 1.12 bits per heavy atom. The predicted octanol–water partition coefficient (Wildman–Crippen LogP) is 5.09. The zero-order chi connectivity index (χ0) is 12.5. The average molecular weight is 228 g/mol. The maximum atomic E-state index is 7.00. The van der Waals surface area contributed by atoms with Crippen molar-refractivity contribution in [3.8, 4) is 0 Å². The van der Waals surface area contributed by atoms with Crippen molar-refractivity contribution in [1.29, 1.82) is 0 Å². The quantitative estimate of drug-likeness (QED) is 0.386. The molecule has 0 aliphatic rings. The molecule has 0 saturated heterocycles. The van der Waals surface area contributed by atoms with Crippen molar-refractivity contribution in [2.45, 2.75) is 77.6 Å². The molecule has 1 N–H and O–H groups in total. The normalized spacial score (nSPS) is 9.44. The Kier molecular flexibility index (Phi) is 22.8. The van der Waals surface area contributed by atoms with Gasteiger partial charge in [-0.1, -0.05) is 70.8 Å². The lowest BCUT2D eigenvalue weighted by molar-refractivity contribution is 0.399. The van der Waals surface area contributed by atoms with Crippen molar-refractivity contribution in [3.05, 3.63) is 12.7 Å². The summed E-state index contributed by atoms with van der Waals surface area (Å²) < 4.78 is 0. The summed E-state index contributed by atoms with van der Waals surface area (Å²) in [6.45, 7) is 6.01. The van der Waals surface area contributed by atoms with Crippen molar-refractivity contribution in [1.82, 2.24) is 0 Å². The van der Waals surface area contributed by atoms with Crippen LogP contribution in [0.1, 0.15) is 77.6 Å². The number of aliphatic hydroxyl groups excluding tert-OH is 1. The predicted molar refractivity (Wildman–Crippen MR) is 74.8 cm³/mol. The summed E-state index contributed by atoms with van der Waals surface area (Å²) in [5.41, 5.74) is 0. The van der Waals surface area contributed by atoms with Gasteiger partial charge in [0.1, 0.15) is 0 Å². The van der Waals surface area contributed by atoms with Gasteiger partial charge in [-0.3, -0.25) is 0 Å². The highest BCUT2D eigenvalue weighted by atomic mass is 16.2. The molecule has 1 nitrogen and oxygen atoms in total. The standard InChI is InChI=1S/C14H28.CH4O/c1-3-5-7-9-11-13-14-12-10-8-6-4-2;1-2/h3H,1,4-14H2,2H3;2H,1H3. The number of aliphatic hydroxyl groups is 1. The summed E-state index contributed by atoms with van der Waals surface area (Å²) in [7, 11) is 1.00. The van der Waals surface area contributed by atoms with Crippen LogP contribution in [-0.2, 0) is 0 Å². The van der Waals surface area contributed by atoms with Crippen molar-refractivity contribution in [2.75, 3.05) is 7.11 Å². The molecule has 0 saturated carbocycles. The minimum absolute atomic E-state index is 1.00. The molecule has 0 fully saturated rings. The van der Waals surface area contributed by atoms with Crippen LogP contribution in [0.25, 0.3) is 0 Å². The average Bonchev–Trinajstić information content (AvgIpc) is 2.34. The summed E-state index contributed by atoms with van der Waals surface area (Å²) in [4.78, 5) is 0. The van der Waals surface area contributed by atoms with E-state index in [1.54, 1.807) is 0 Å². The fourth-order valence-electron chi connectivity index (χ4n) is 1.78. The molecule has 0 aliphatic carbocycles. The first-order valence-corrected chi connectivity index (χ1v) is 6.97. The molecule has 0 amide bonds. The lowest BCUT2D eigenvalue weighted by Gasteiger charge is -2.00. The smallest absolute Gasteiger partial charge is 0.0319 e. The molecule has 16 heavy (non-hydrogen) atoms. The van der Waals surface area contributed by atoms with Gasteiger partial charge in [0.2, 0.25) is 0 Å². The zero-order valence-electron chi connectivity index (χ0n) is 11.5. The Morgan fingerprint density at radius 3 is 1.50 bits per heavy atom. The summed E-state index contributed by atoms with van der Waals surface area (Å²) in [5, 5.41) is 7.00. The lowest BCUT2D eigenvalue weighted by atomic mass is 10.1. The molecule has 1 heteroatoms. The highest BCUT2D eigenvalue weighted by Gasteiger charge is 1.91. The fraction of sp³-hybridized carbons (Fsp3) is 0.867. The van der Waals surface area contributed by atoms with E-state index in [9.17, 15) is 0 Å². The first kappa shape index (κ1) is 18.1. The molecule has 0 rings (SSSR count). The Morgan fingerprint density at radius 1 is 0.750 bits per heavy atom. The molecule has 0 unspecified atom stereocenters. The van der Waals surface area contributed by atoms with E-state index in [1.165, 1.54) is 70.6 Å². The van der Waals surface area contributed by atoms with Gasteiger partial charge in [-0.2, -0.15) is 0 Å². The van der Waals surface area contributed by atoms with E-state index in [2.05, 4.69) is 13.5 Å². The first-order chi connectivity index (χ1) is 7.91. The molecular formula is C15H32O. The van der Waals surface area contributed by atoms with Gasteiger partial charge in [-0.15, -0.1) is 6.58 Å². The molecule has 0 aromatic carbocycles. The third-order valence-corrected chi connectivity index (χ3v) is 2.76. The van der Waals surface area contributed by atoms with Gasteiger partial charge in [0.05, 0.1) is 0 Å². The van der Waals surface area contributed by atoms with Gasteiger partial charge in [-0.05, 0) is 12.8 Å². The Labute approximate surface area is 103 Å². The van der Waals surface area contributed by atoms with Crippen LogP contribution < -0.4 is 0 Å². The molecule has 0 heterocycles. The molecule has 0 spiro atoms. The number of allylic oxidation sites excluding steroid dienone is 1. The second kappa shape index (κ2) is 20.2. The van der Waals surface area contributed by atoms with E-state index in [0.29, 0.717) is 0 Å². The Hall–Kier alpha value is -0.300. The number of rotatable bonds is 11. The molecule has 0 aliphatic heterocycles. The van der Waals surface area contributed by atoms with Crippen LogP contribution in [0.3, 0.4) is 0 Å². The van der Waals surface area contributed by atoms with E-state index in [4.69, 9.17) is 5.11 Å². The lowest BCUT2D eigenvalue weighted by Crippen LogP contribution is -1.81. The molecule has 0 aromatic heterocycles. The van der Waals surface area contributed by atoms with Gasteiger partial charge >= 0.3 is 0 Å². The summed E-state index contributed by atoms with van der Waals surface area (Å²) in [5.74, 6) is 0. The summed E-state index contributed by atoms with van der Waals surface area (Å²) >= 11 is 0.